The Morgan fingerprint density at radius 1 is 1.64 bits per heavy atom. The van der Waals surface area contributed by atoms with Crippen molar-refractivity contribution >= 4 is 0 Å². The minimum atomic E-state index is -0.00236. The normalized spacial score (nSPS) is 13.3. The average molecular weight is 154 g/mol. The molecule has 0 aliphatic heterocycles. The predicted octanol–water partition coefficient (Wildman–Crippen LogP) is 0.926. The lowest BCUT2D eigenvalue weighted by Gasteiger charge is -2.09. The Bertz CT molecular complexity index is 182. The minimum Gasteiger partial charge on any atom is -0.310 e. The Kier molecular flexibility index (Phi) is 3.04. The molecule has 0 amide bonds. The molecule has 0 radical (unpaired) electrons. The topological polar surface area (TPSA) is 56.7 Å². The third-order valence-electron chi connectivity index (χ3n) is 1.63. The molecule has 4 nitrogen and oxygen atoms in total. The third-order valence-corrected chi connectivity index (χ3v) is 1.63. The van der Waals surface area contributed by atoms with Gasteiger partial charge in [-0.25, -0.2) is 4.68 Å². The first-order chi connectivity index (χ1) is 5.34. The van der Waals surface area contributed by atoms with Crippen LogP contribution in [0.3, 0.4) is 0 Å². The van der Waals surface area contributed by atoms with Crippen LogP contribution >= 0.6 is 0 Å². The van der Waals surface area contributed by atoms with Crippen molar-refractivity contribution in [1.82, 2.24) is 15.0 Å². The van der Waals surface area contributed by atoms with Crippen molar-refractivity contribution in [2.45, 2.75) is 32.4 Å². The molecular weight excluding hydrogens is 140 g/mol. The van der Waals surface area contributed by atoms with E-state index >= 15 is 0 Å². The number of aromatic nitrogens is 3. The summed E-state index contributed by atoms with van der Waals surface area (Å²) in [7, 11) is 0. The van der Waals surface area contributed by atoms with Gasteiger partial charge in [-0.15, -0.1) is 5.10 Å². The standard InChI is InChI=1S/C7H14N4/c1-2-3-4-7(8)11-6-5-9-10-11/h5-7H,2-4,8H2,1H3. The van der Waals surface area contributed by atoms with E-state index in [0.717, 1.165) is 12.8 Å². The minimum absolute atomic E-state index is 0.00236. The molecule has 1 rings (SSSR count). The maximum atomic E-state index is 5.79. The van der Waals surface area contributed by atoms with E-state index in [0.29, 0.717) is 0 Å². The van der Waals surface area contributed by atoms with E-state index in [2.05, 4.69) is 17.2 Å². The number of unbranched alkanes of at least 4 members (excludes halogenated alkanes) is 1. The molecule has 62 valence electrons. The van der Waals surface area contributed by atoms with Crippen molar-refractivity contribution < 1.29 is 0 Å². The Balaban J connectivity index is 2.36. The van der Waals surface area contributed by atoms with Gasteiger partial charge in [-0.05, 0) is 6.42 Å². The van der Waals surface area contributed by atoms with Crippen molar-refractivity contribution in [2.24, 2.45) is 5.73 Å². The lowest BCUT2D eigenvalue weighted by molar-refractivity contribution is 0.415. The van der Waals surface area contributed by atoms with Gasteiger partial charge in [0.1, 0.15) is 6.17 Å². The molecule has 0 bridgehead atoms. The molecule has 0 aliphatic carbocycles. The summed E-state index contributed by atoms with van der Waals surface area (Å²) in [5.41, 5.74) is 5.79. The fourth-order valence-corrected chi connectivity index (χ4v) is 0.940. The Morgan fingerprint density at radius 3 is 3.00 bits per heavy atom. The zero-order valence-corrected chi connectivity index (χ0v) is 6.77. The van der Waals surface area contributed by atoms with Gasteiger partial charge < -0.3 is 5.73 Å². The molecule has 0 aromatic carbocycles. The molecule has 0 saturated carbocycles. The van der Waals surface area contributed by atoms with Gasteiger partial charge in [-0.3, -0.25) is 0 Å². The predicted molar refractivity (Wildman–Crippen MR) is 42.8 cm³/mol. The molecule has 1 aromatic heterocycles. The summed E-state index contributed by atoms with van der Waals surface area (Å²) < 4.78 is 1.69. The lowest BCUT2D eigenvalue weighted by atomic mass is 10.2. The SMILES string of the molecule is CCCCC(N)n1ccnn1. The first-order valence-electron chi connectivity index (χ1n) is 3.96. The molecule has 1 atom stereocenters. The summed E-state index contributed by atoms with van der Waals surface area (Å²) in [5.74, 6) is 0. The zero-order chi connectivity index (χ0) is 8.10. The fraction of sp³-hybridized carbons (Fsp3) is 0.714. The number of rotatable bonds is 4. The van der Waals surface area contributed by atoms with Gasteiger partial charge in [0.25, 0.3) is 0 Å². The molecular formula is C7H14N4. The maximum absolute atomic E-state index is 5.79. The van der Waals surface area contributed by atoms with Gasteiger partial charge in [0.2, 0.25) is 0 Å². The van der Waals surface area contributed by atoms with E-state index in [4.69, 9.17) is 5.73 Å². The van der Waals surface area contributed by atoms with Gasteiger partial charge in [0.15, 0.2) is 0 Å². The first kappa shape index (κ1) is 8.20. The molecule has 11 heavy (non-hydrogen) atoms. The van der Waals surface area contributed by atoms with Crippen LogP contribution in [0.25, 0.3) is 0 Å². The van der Waals surface area contributed by atoms with Crippen LogP contribution in [0.1, 0.15) is 32.4 Å². The average Bonchev–Trinajstić information content (AvgIpc) is 2.52. The van der Waals surface area contributed by atoms with Gasteiger partial charge in [0.05, 0.1) is 6.20 Å². The van der Waals surface area contributed by atoms with Crippen LogP contribution in [0.15, 0.2) is 12.4 Å². The van der Waals surface area contributed by atoms with Crippen LogP contribution in [0.5, 0.6) is 0 Å². The van der Waals surface area contributed by atoms with Crippen LogP contribution < -0.4 is 5.73 Å². The second-order valence-corrected chi connectivity index (χ2v) is 2.59. The second-order valence-electron chi connectivity index (χ2n) is 2.59. The number of hydrogen-bond acceptors (Lipinski definition) is 3. The molecule has 1 aromatic rings. The fourth-order valence-electron chi connectivity index (χ4n) is 0.940. The molecule has 4 heteroatoms. The number of nitrogens with two attached hydrogens (primary N) is 1. The third kappa shape index (κ3) is 2.31. The van der Waals surface area contributed by atoms with E-state index < -0.39 is 0 Å². The summed E-state index contributed by atoms with van der Waals surface area (Å²) in [6.07, 6.45) is 6.72. The first-order valence-corrected chi connectivity index (χ1v) is 3.96. The second kappa shape index (κ2) is 4.08. The summed E-state index contributed by atoms with van der Waals surface area (Å²) in [6.45, 7) is 2.15. The van der Waals surface area contributed by atoms with E-state index in [1.165, 1.54) is 6.42 Å². The Labute approximate surface area is 66.4 Å². The Hall–Kier alpha value is -0.900. The highest BCUT2D eigenvalue weighted by Gasteiger charge is 2.02. The molecule has 1 unspecified atom stereocenters. The molecule has 0 fully saturated rings. The summed E-state index contributed by atoms with van der Waals surface area (Å²) in [5, 5.41) is 7.50. The molecule has 1 heterocycles. The number of hydrogen-bond donors (Lipinski definition) is 1. The van der Waals surface area contributed by atoms with Gasteiger partial charge >= 0.3 is 0 Å². The van der Waals surface area contributed by atoms with Gasteiger partial charge in [-0.1, -0.05) is 25.0 Å². The van der Waals surface area contributed by atoms with Crippen molar-refractivity contribution in [3.8, 4) is 0 Å². The highest BCUT2D eigenvalue weighted by atomic mass is 15.4. The van der Waals surface area contributed by atoms with Crippen LogP contribution in [0, 0.1) is 0 Å². The van der Waals surface area contributed by atoms with E-state index in [9.17, 15) is 0 Å². The van der Waals surface area contributed by atoms with Gasteiger partial charge in [0, 0.05) is 6.20 Å². The van der Waals surface area contributed by atoms with Crippen LogP contribution in [0.2, 0.25) is 0 Å². The number of nitrogens with zero attached hydrogens (tertiary/aromatic N) is 3. The Morgan fingerprint density at radius 2 is 2.45 bits per heavy atom. The highest BCUT2D eigenvalue weighted by Crippen LogP contribution is 2.05. The van der Waals surface area contributed by atoms with Gasteiger partial charge in [-0.2, -0.15) is 0 Å². The smallest absolute Gasteiger partial charge is 0.101 e. The maximum Gasteiger partial charge on any atom is 0.101 e. The van der Waals surface area contributed by atoms with E-state index in [-0.39, 0.29) is 6.17 Å². The van der Waals surface area contributed by atoms with E-state index in [1.807, 2.05) is 0 Å². The summed E-state index contributed by atoms with van der Waals surface area (Å²) in [6, 6.07) is 0. The van der Waals surface area contributed by atoms with Crippen molar-refractivity contribution in [3.05, 3.63) is 12.4 Å². The van der Waals surface area contributed by atoms with E-state index in [1.54, 1.807) is 17.1 Å². The van der Waals surface area contributed by atoms with Crippen LogP contribution in [0.4, 0.5) is 0 Å². The monoisotopic (exact) mass is 154 g/mol. The molecule has 0 saturated heterocycles. The summed E-state index contributed by atoms with van der Waals surface area (Å²) >= 11 is 0. The molecule has 0 spiro atoms. The lowest BCUT2D eigenvalue weighted by Crippen LogP contribution is -2.18. The largest absolute Gasteiger partial charge is 0.310 e. The van der Waals surface area contributed by atoms with Crippen molar-refractivity contribution in [1.29, 1.82) is 0 Å². The molecule has 0 aliphatic rings. The van der Waals surface area contributed by atoms with Crippen molar-refractivity contribution in [2.75, 3.05) is 0 Å². The van der Waals surface area contributed by atoms with Crippen molar-refractivity contribution in [3.63, 3.8) is 0 Å². The quantitative estimate of drug-likeness (QED) is 0.701. The molecule has 2 N–H and O–H groups in total. The zero-order valence-electron chi connectivity index (χ0n) is 6.77. The van der Waals surface area contributed by atoms with Crippen LogP contribution in [-0.2, 0) is 0 Å². The highest BCUT2D eigenvalue weighted by molar-refractivity contribution is 4.68. The van der Waals surface area contributed by atoms with Crippen LogP contribution in [-0.4, -0.2) is 15.0 Å². The summed E-state index contributed by atoms with van der Waals surface area (Å²) in [4.78, 5) is 0.